The maximum atomic E-state index is 12.2. The Hall–Kier alpha value is -3.01. The molecule has 2 N–H and O–H groups in total. The van der Waals surface area contributed by atoms with E-state index < -0.39 is 6.04 Å². The molecule has 1 unspecified atom stereocenters. The smallest absolute Gasteiger partial charge is 0.220 e. The van der Waals surface area contributed by atoms with Crippen LogP contribution < -0.4 is 10.1 Å². The van der Waals surface area contributed by atoms with Crippen LogP contribution in [0.2, 0.25) is 0 Å². The standard InChI is InChI=1S/C21H21NO3/c1-3-19(24)22-21(16-10-6-7-11-18(16)25-2)20-15-9-5-4-8-14(15)12-13-17(20)23/h4-13,21,23H,3H2,1-2H3,(H,22,24). The number of hydrogen-bond acceptors (Lipinski definition) is 3. The Balaban J connectivity index is 2.25. The number of benzene rings is 3. The molecule has 0 bridgehead atoms. The third kappa shape index (κ3) is 3.29. The molecule has 128 valence electrons. The van der Waals surface area contributed by atoms with Gasteiger partial charge >= 0.3 is 0 Å². The van der Waals surface area contributed by atoms with Crippen molar-refractivity contribution in [1.82, 2.24) is 5.32 Å². The summed E-state index contributed by atoms with van der Waals surface area (Å²) in [7, 11) is 1.60. The average molecular weight is 335 g/mol. The highest BCUT2D eigenvalue weighted by atomic mass is 16.5. The number of amides is 1. The van der Waals surface area contributed by atoms with Crippen LogP contribution in [0.1, 0.15) is 30.5 Å². The second-order valence-electron chi connectivity index (χ2n) is 5.82. The van der Waals surface area contributed by atoms with Crippen molar-refractivity contribution >= 4 is 16.7 Å². The van der Waals surface area contributed by atoms with E-state index in [9.17, 15) is 9.90 Å². The monoisotopic (exact) mass is 335 g/mol. The number of para-hydroxylation sites is 1. The molecular weight excluding hydrogens is 314 g/mol. The summed E-state index contributed by atoms with van der Waals surface area (Å²) < 4.78 is 5.48. The molecule has 1 atom stereocenters. The number of hydrogen-bond donors (Lipinski definition) is 2. The Labute approximate surface area is 147 Å². The molecule has 4 nitrogen and oxygen atoms in total. The zero-order chi connectivity index (χ0) is 17.8. The Morgan fingerprint density at radius 3 is 2.56 bits per heavy atom. The van der Waals surface area contributed by atoms with Gasteiger partial charge in [0.05, 0.1) is 13.2 Å². The molecule has 4 heteroatoms. The van der Waals surface area contributed by atoms with Gasteiger partial charge in [0.2, 0.25) is 5.91 Å². The molecule has 0 aliphatic rings. The SMILES string of the molecule is CCC(=O)NC(c1ccccc1OC)c1c(O)ccc2ccccc12. The van der Waals surface area contributed by atoms with E-state index in [4.69, 9.17) is 4.74 Å². The normalized spacial score (nSPS) is 11.9. The van der Waals surface area contributed by atoms with E-state index >= 15 is 0 Å². The van der Waals surface area contributed by atoms with Crippen LogP contribution in [0.3, 0.4) is 0 Å². The number of methoxy groups -OCH3 is 1. The van der Waals surface area contributed by atoms with Gasteiger partial charge in [0.25, 0.3) is 0 Å². The summed E-state index contributed by atoms with van der Waals surface area (Å²) in [6, 6.07) is 18.4. The van der Waals surface area contributed by atoms with Gasteiger partial charge in [-0.25, -0.2) is 0 Å². The predicted molar refractivity (Wildman–Crippen MR) is 98.9 cm³/mol. The van der Waals surface area contributed by atoms with Gasteiger partial charge in [-0.3, -0.25) is 4.79 Å². The molecule has 0 aliphatic heterocycles. The molecule has 3 aromatic rings. The van der Waals surface area contributed by atoms with Gasteiger partial charge in [-0.1, -0.05) is 55.5 Å². The van der Waals surface area contributed by atoms with E-state index in [-0.39, 0.29) is 11.7 Å². The highest BCUT2D eigenvalue weighted by Crippen LogP contribution is 2.38. The zero-order valence-electron chi connectivity index (χ0n) is 14.3. The molecule has 0 spiro atoms. The number of aromatic hydroxyl groups is 1. The lowest BCUT2D eigenvalue weighted by molar-refractivity contribution is -0.121. The van der Waals surface area contributed by atoms with E-state index in [2.05, 4.69) is 5.32 Å². The average Bonchev–Trinajstić information content (AvgIpc) is 2.66. The maximum absolute atomic E-state index is 12.2. The molecular formula is C21H21NO3. The number of carbonyl (C=O) groups is 1. The summed E-state index contributed by atoms with van der Waals surface area (Å²) in [5.41, 5.74) is 1.47. The topological polar surface area (TPSA) is 58.6 Å². The van der Waals surface area contributed by atoms with Crippen molar-refractivity contribution in [3.63, 3.8) is 0 Å². The largest absolute Gasteiger partial charge is 0.508 e. The maximum Gasteiger partial charge on any atom is 0.220 e. The van der Waals surface area contributed by atoms with Crippen molar-refractivity contribution in [1.29, 1.82) is 0 Å². The highest BCUT2D eigenvalue weighted by Gasteiger charge is 2.24. The summed E-state index contributed by atoms with van der Waals surface area (Å²) in [6.45, 7) is 1.80. The fourth-order valence-electron chi connectivity index (χ4n) is 3.06. The first-order valence-electron chi connectivity index (χ1n) is 8.28. The lowest BCUT2D eigenvalue weighted by atomic mass is 9.92. The first-order valence-corrected chi connectivity index (χ1v) is 8.28. The molecule has 3 rings (SSSR count). The van der Waals surface area contributed by atoms with Crippen molar-refractivity contribution in [2.75, 3.05) is 7.11 Å². The van der Waals surface area contributed by atoms with Gasteiger partial charge in [-0.05, 0) is 22.9 Å². The minimum absolute atomic E-state index is 0.0942. The van der Waals surface area contributed by atoms with Crippen LogP contribution in [0.4, 0.5) is 0 Å². The molecule has 3 aromatic carbocycles. The lowest BCUT2D eigenvalue weighted by Crippen LogP contribution is -2.29. The van der Waals surface area contributed by atoms with Crippen LogP contribution in [0.25, 0.3) is 10.8 Å². The van der Waals surface area contributed by atoms with Crippen molar-refractivity contribution < 1.29 is 14.6 Å². The quantitative estimate of drug-likeness (QED) is 0.736. The second kappa shape index (κ2) is 7.26. The van der Waals surface area contributed by atoms with Gasteiger partial charge in [0.1, 0.15) is 11.5 Å². The van der Waals surface area contributed by atoms with Gasteiger partial charge in [0, 0.05) is 17.5 Å². The molecule has 0 saturated heterocycles. The summed E-state index contributed by atoms with van der Waals surface area (Å²) in [5.74, 6) is 0.713. The summed E-state index contributed by atoms with van der Waals surface area (Å²) in [6.07, 6.45) is 0.358. The van der Waals surface area contributed by atoms with Gasteiger partial charge < -0.3 is 15.2 Å². The molecule has 25 heavy (non-hydrogen) atoms. The zero-order valence-corrected chi connectivity index (χ0v) is 14.3. The third-order valence-electron chi connectivity index (χ3n) is 4.31. The Bertz CT molecular complexity index is 905. The number of fused-ring (bicyclic) bond motifs is 1. The van der Waals surface area contributed by atoms with Gasteiger partial charge in [-0.2, -0.15) is 0 Å². The minimum Gasteiger partial charge on any atom is -0.508 e. The predicted octanol–water partition coefficient (Wildman–Crippen LogP) is 4.17. The Morgan fingerprint density at radius 2 is 1.80 bits per heavy atom. The molecule has 0 fully saturated rings. The molecule has 1 amide bonds. The molecule has 0 radical (unpaired) electrons. The molecule has 0 aromatic heterocycles. The summed E-state index contributed by atoms with van der Waals surface area (Å²) in [5, 5.41) is 15.5. The Morgan fingerprint density at radius 1 is 1.08 bits per heavy atom. The summed E-state index contributed by atoms with van der Waals surface area (Å²) >= 11 is 0. The third-order valence-corrected chi connectivity index (χ3v) is 4.31. The van der Waals surface area contributed by atoms with E-state index in [1.165, 1.54) is 0 Å². The van der Waals surface area contributed by atoms with Gasteiger partial charge in [0.15, 0.2) is 0 Å². The first kappa shape index (κ1) is 16.8. The van der Waals surface area contributed by atoms with E-state index in [0.29, 0.717) is 17.7 Å². The van der Waals surface area contributed by atoms with Crippen LogP contribution in [-0.2, 0) is 4.79 Å². The number of nitrogens with one attached hydrogen (secondary N) is 1. The van der Waals surface area contributed by atoms with Crippen molar-refractivity contribution in [3.05, 3.63) is 71.8 Å². The number of phenols is 1. The van der Waals surface area contributed by atoms with E-state index in [1.54, 1.807) is 20.1 Å². The van der Waals surface area contributed by atoms with E-state index in [1.807, 2.05) is 54.6 Å². The van der Waals surface area contributed by atoms with Gasteiger partial charge in [-0.15, -0.1) is 0 Å². The fourth-order valence-corrected chi connectivity index (χ4v) is 3.06. The van der Waals surface area contributed by atoms with Crippen molar-refractivity contribution in [2.24, 2.45) is 0 Å². The minimum atomic E-state index is -0.505. The van der Waals surface area contributed by atoms with Crippen LogP contribution in [0.5, 0.6) is 11.5 Å². The molecule has 0 aliphatic carbocycles. The van der Waals surface area contributed by atoms with Crippen LogP contribution in [0.15, 0.2) is 60.7 Å². The first-order chi connectivity index (χ1) is 12.2. The number of phenolic OH excluding ortho intramolecular Hbond substituents is 1. The van der Waals surface area contributed by atoms with Crippen molar-refractivity contribution in [2.45, 2.75) is 19.4 Å². The van der Waals surface area contributed by atoms with Crippen LogP contribution >= 0.6 is 0 Å². The van der Waals surface area contributed by atoms with Crippen molar-refractivity contribution in [3.8, 4) is 11.5 Å². The molecule has 0 saturated carbocycles. The fraction of sp³-hybridized carbons (Fsp3) is 0.190. The number of rotatable bonds is 5. The Kier molecular flexibility index (Phi) is 4.89. The second-order valence-corrected chi connectivity index (χ2v) is 5.82. The number of ether oxygens (including phenoxy) is 1. The summed E-state index contributed by atoms with van der Waals surface area (Å²) in [4.78, 5) is 12.2. The van der Waals surface area contributed by atoms with E-state index in [0.717, 1.165) is 16.3 Å². The van der Waals surface area contributed by atoms with Crippen LogP contribution in [0, 0.1) is 0 Å². The van der Waals surface area contributed by atoms with Crippen LogP contribution in [-0.4, -0.2) is 18.1 Å². The lowest BCUT2D eigenvalue weighted by Gasteiger charge is -2.24. The highest BCUT2D eigenvalue weighted by molar-refractivity contribution is 5.89. The molecule has 0 heterocycles. The number of carbonyl (C=O) groups excluding carboxylic acids is 1.